The number of furan rings is 1. The number of nitrogens with zero attached hydrogens (tertiary/aromatic N) is 2. The predicted octanol–water partition coefficient (Wildman–Crippen LogP) is 2.66. The molecule has 3 rings (SSSR count). The molecule has 0 aliphatic carbocycles. The van der Waals surface area contributed by atoms with Crippen LogP contribution in [0.4, 0.5) is 0 Å². The minimum atomic E-state index is 0.549. The van der Waals surface area contributed by atoms with Crippen LogP contribution in [-0.4, -0.2) is 16.7 Å². The Morgan fingerprint density at radius 1 is 1.00 bits per heavy atom. The molecule has 5 heteroatoms. The van der Waals surface area contributed by atoms with Crippen LogP contribution in [0, 0.1) is 0 Å². The molecule has 0 amide bonds. The second-order valence-electron chi connectivity index (χ2n) is 4.37. The van der Waals surface area contributed by atoms with Gasteiger partial charge in [-0.05, 0) is 24.3 Å². The average Bonchev–Trinajstić information content (AvgIpc) is 3.16. The summed E-state index contributed by atoms with van der Waals surface area (Å²) in [5, 5.41) is 11.3. The summed E-state index contributed by atoms with van der Waals surface area (Å²) in [6, 6.07) is 13.6. The number of rotatable bonds is 6. The Kier molecular flexibility index (Phi) is 3.89. The van der Waals surface area contributed by atoms with Crippen LogP contribution in [0.15, 0.2) is 57.6 Å². The lowest BCUT2D eigenvalue weighted by molar-refractivity contribution is 0.464. The highest BCUT2D eigenvalue weighted by Gasteiger charge is 2.07. The van der Waals surface area contributed by atoms with Crippen molar-refractivity contribution in [1.29, 1.82) is 0 Å². The lowest BCUT2D eigenvalue weighted by Crippen LogP contribution is -2.16. The molecule has 102 valence electrons. The molecule has 1 aromatic carbocycles. The smallest absolute Gasteiger partial charge is 0.247 e. The van der Waals surface area contributed by atoms with E-state index in [1.807, 2.05) is 42.5 Å². The van der Waals surface area contributed by atoms with E-state index >= 15 is 0 Å². The van der Waals surface area contributed by atoms with Gasteiger partial charge in [0.05, 0.1) is 12.8 Å². The molecule has 2 heterocycles. The van der Waals surface area contributed by atoms with Gasteiger partial charge in [-0.15, -0.1) is 10.2 Å². The molecular weight excluding hydrogens is 254 g/mol. The van der Waals surface area contributed by atoms with Gasteiger partial charge >= 0.3 is 0 Å². The van der Waals surface area contributed by atoms with Gasteiger partial charge in [0.1, 0.15) is 5.76 Å². The maximum Gasteiger partial charge on any atom is 0.247 e. The van der Waals surface area contributed by atoms with Gasteiger partial charge in [-0.3, -0.25) is 0 Å². The summed E-state index contributed by atoms with van der Waals surface area (Å²) < 4.78 is 10.9. The zero-order chi connectivity index (χ0) is 13.6. The molecule has 5 nitrogen and oxygen atoms in total. The van der Waals surface area contributed by atoms with Gasteiger partial charge in [-0.2, -0.15) is 0 Å². The van der Waals surface area contributed by atoms with Crippen molar-refractivity contribution < 1.29 is 8.83 Å². The van der Waals surface area contributed by atoms with Crippen molar-refractivity contribution in [2.24, 2.45) is 0 Å². The highest BCUT2D eigenvalue weighted by atomic mass is 16.4. The highest BCUT2D eigenvalue weighted by Crippen LogP contribution is 2.16. The second kappa shape index (κ2) is 6.16. The van der Waals surface area contributed by atoms with Crippen LogP contribution in [0.2, 0.25) is 0 Å². The first-order valence-corrected chi connectivity index (χ1v) is 6.53. The lowest BCUT2D eigenvalue weighted by Gasteiger charge is -1.99. The molecule has 0 unspecified atom stereocenters. The summed E-state index contributed by atoms with van der Waals surface area (Å²) in [5.41, 5.74) is 0.932. The van der Waals surface area contributed by atoms with Crippen LogP contribution in [0.5, 0.6) is 0 Å². The van der Waals surface area contributed by atoms with Crippen LogP contribution in [0.1, 0.15) is 11.7 Å². The summed E-state index contributed by atoms with van der Waals surface area (Å²) in [7, 11) is 0. The van der Waals surface area contributed by atoms with E-state index in [0.29, 0.717) is 18.3 Å². The largest absolute Gasteiger partial charge is 0.469 e. The SMILES string of the molecule is c1ccc(-c2nnc(CNCCc3ccco3)o2)cc1. The Morgan fingerprint density at radius 2 is 1.90 bits per heavy atom. The molecular formula is C15H15N3O2. The number of benzene rings is 1. The Morgan fingerprint density at radius 3 is 2.70 bits per heavy atom. The van der Waals surface area contributed by atoms with Crippen molar-refractivity contribution in [2.75, 3.05) is 6.54 Å². The zero-order valence-electron chi connectivity index (χ0n) is 11.0. The van der Waals surface area contributed by atoms with E-state index in [9.17, 15) is 0 Å². The van der Waals surface area contributed by atoms with Crippen molar-refractivity contribution in [3.63, 3.8) is 0 Å². The van der Waals surface area contributed by atoms with Crippen LogP contribution in [-0.2, 0) is 13.0 Å². The fourth-order valence-corrected chi connectivity index (χ4v) is 1.88. The van der Waals surface area contributed by atoms with Gasteiger partial charge in [0, 0.05) is 18.5 Å². The van der Waals surface area contributed by atoms with Crippen molar-refractivity contribution in [3.8, 4) is 11.5 Å². The zero-order valence-corrected chi connectivity index (χ0v) is 11.0. The fourth-order valence-electron chi connectivity index (χ4n) is 1.88. The van der Waals surface area contributed by atoms with Crippen LogP contribution in [0.25, 0.3) is 11.5 Å². The van der Waals surface area contributed by atoms with Crippen molar-refractivity contribution in [2.45, 2.75) is 13.0 Å². The minimum Gasteiger partial charge on any atom is -0.469 e. The molecule has 0 aliphatic heterocycles. The molecule has 1 N–H and O–H groups in total. The molecule has 0 spiro atoms. The summed E-state index contributed by atoms with van der Waals surface area (Å²) in [6.45, 7) is 1.36. The van der Waals surface area contributed by atoms with Gasteiger partial charge in [0.2, 0.25) is 11.8 Å². The highest BCUT2D eigenvalue weighted by molar-refractivity contribution is 5.51. The molecule has 0 fully saturated rings. The standard InChI is InChI=1S/C15H15N3O2/c1-2-5-12(6-3-1)15-18-17-14(20-15)11-16-9-8-13-7-4-10-19-13/h1-7,10,16H,8-9,11H2. The molecule has 20 heavy (non-hydrogen) atoms. The number of aromatic nitrogens is 2. The van der Waals surface area contributed by atoms with Gasteiger partial charge < -0.3 is 14.2 Å². The maximum atomic E-state index is 5.60. The van der Waals surface area contributed by atoms with Crippen molar-refractivity contribution >= 4 is 0 Å². The van der Waals surface area contributed by atoms with E-state index in [0.717, 1.165) is 24.3 Å². The molecule has 0 radical (unpaired) electrons. The molecule has 0 aliphatic rings. The summed E-state index contributed by atoms with van der Waals surface area (Å²) in [5.74, 6) is 2.10. The summed E-state index contributed by atoms with van der Waals surface area (Å²) in [4.78, 5) is 0. The lowest BCUT2D eigenvalue weighted by atomic mass is 10.2. The molecule has 0 saturated heterocycles. The summed E-state index contributed by atoms with van der Waals surface area (Å²) >= 11 is 0. The molecule has 3 aromatic rings. The third-order valence-electron chi connectivity index (χ3n) is 2.89. The van der Waals surface area contributed by atoms with Crippen LogP contribution in [0.3, 0.4) is 0 Å². The average molecular weight is 269 g/mol. The predicted molar refractivity (Wildman–Crippen MR) is 73.9 cm³/mol. The fraction of sp³-hybridized carbons (Fsp3) is 0.200. The second-order valence-corrected chi connectivity index (χ2v) is 4.37. The van der Waals surface area contributed by atoms with E-state index < -0.39 is 0 Å². The van der Waals surface area contributed by atoms with Gasteiger partial charge in [-0.1, -0.05) is 18.2 Å². The minimum absolute atomic E-state index is 0.549. The Bertz CT molecular complexity index is 632. The van der Waals surface area contributed by atoms with Gasteiger partial charge in [0.15, 0.2) is 0 Å². The number of nitrogens with one attached hydrogen (secondary N) is 1. The van der Waals surface area contributed by atoms with Gasteiger partial charge in [0.25, 0.3) is 0 Å². The van der Waals surface area contributed by atoms with Crippen LogP contribution < -0.4 is 5.32 Å². The van der Waals surface area contributed by atoms with Gasteiger partial charge in [-0.25, -0.2) is 0 Å². The molecule has 0 bridgehead atoms. The Hall–Kier alpha value is -2.40. The van der Waals surface area contributed by atoms with Crippen molar-refractivity contribution in [1.82, 2.24) is 15.5 Å². The van der Waals surface area contributed by atoms with E-state index in [-0.39, 0.29) is 0 Å². The molecule has 2 aromatic heterocycles. The summed E-state index contributed by atoms with van der Waals surface area (Å²) in [6.07, 6.45) is 2.52. The van der Waals surface area contributed by atoms with E-state index in [1.165, 1.54) is 0 Å². The topological polar surface area (TPSA) is 64.1 Å². The van der Waals surface area contributed by atoms with E-state index in [4.69, 9.17) is 8.83 Å². The first-order valence-electron chi connectivity index (χ1n) is 6.53. The maximum absolute atomic E-state index is 5.60. The third kappa shape index (κ3) is 3.13. The van der Waals surface area contributed by atoms with Crippen molar-refractivity contribution in [3.05, 3.63) is 60.4 Å². The first-order chi connectivity index (χ1) is 9.92. The Labute approximate surface area is 116 Å². The van der Waals surface area contributed by atoms with E-state index in [2.05, 4.69) is 15.5 Å². The third-order valence-corrected chi connectivity index (χ3v) is 2.89. The Balaban J connectivity index is 1.50. The quantitative estimate of drug-likeness (QED) is 0.697. The van der Waals surface area contributed by atoms with E-state index in [1.54, 1.807) is 6.26 Å². The monoisotopic (exact) mass is 269 g/mol. The number of hydrogen-bond acceptors (Lipinski definition) is 5. The molecule has 0 saturated carbocycles. The first kappa shape index (κ1) is 12.6. The normalized spacial score (nSPS) is 10.8. The molecule has 0 atom stereocenters. The number of hydrogen-bond donors (Lipinski definition) is 1. The van der Waals surface area contributed by atoms with Crippen LogP contribution >= 0.6 is 0 Å².